The summed E-state index contributed by atoms with van der Waals surface area (Å²) in [5.74, 6) is -0.864. The number of rotatable bonds is 4. The molecule has 1 aliphatic rings. The van der Waals surface area contributed by atoms with Gasteiger partial charge in [0.05, 0.1) is 4.92 Å². The van der Waals surface area contributed by atoms with Crippen molar-refractivity contribution in [2.75, 3.05) is 5.32 Å². The first-order chi connectivity index (χ1) is 10.4. The molecule has 0 radical (unpaired) electrons. The number of amides is 1. The quantitative estimate of drug-likeness (QED) is 0.524. The van der Waals surface area contributed by atoms with Crippen LogP contribution in [0.4, 0.5) is 11.4 Å². The van der Waals surface area contributed by atoms with Gasteiger partial charge in [0.1, 0.15) is 0 Å². The summed E-state index contributed by atoms with van der Waals surface area (Å²) in [5.41, 5.74) is -0.746. The standard InChI is InChI=1S/C15H18N2O5/c1-11(18)22-15(9-3-2-4-10-15)14(19)16-12-5-7-13(8-6-12)17(20)21/h5-8H,2-4,9-10H2,1H3,(H,16,19). The average Bonchev–Trinajstić information content (AvgIpc) is 2.48. The van der Waals surface area contributed by atoms with Gasteiger partial charge in [0.2, 0.25) is 0 Å². The van der Waals surface area contributed by atoms with Crippen LogP contribution >= 0.6 is 0 Å². The molecule has 0 unspecified atom stereocenters. The van der Waals surface area contributed by atoms with Crippen molar-refractivity contribution in [3.63, 3.8) is 0 Å². The fourth-order valence-corrected chi connectivity index (χ4v) is 2.68. The van der Waals surface area contributed by atoms with Crippen molar-refractivity contribution in [1.82, 2.24) is 0 Å². The van der Waals surface area contributed by atoms with Crippen molar-refractivity contribution >= 4 is 23.3 Å². The van der Waals surface area contributed by atoms with E-state index in [0.29, 0.717) is 18.5 Å². The molecular formula is C15H18N2O5. The summed E-state index contributed by atoms with van der Waals surface area (Å²) in [5, 5.41) is 13.3. The van der Waals surface area contributed by atoms with Gasteiger partial charge in [-0.1, -0.05) is 6.42 Å². The molecule has 7 heteroatoms. The van der Waals surface area contributed by atoms with E-state index in [9.17, 15) is 19.7 Å². The summed E-state index contributed by atoms with van der Waals surface area (Å²) in [4.78, 5) is 33.9. The van der Waals surface area contributed by atoms with Crippen molar-refractivity contribution in [1.29, 1.82) is 0 Å². The third kappa shape index (κ3) is 3.60. The van der Waals surface area contributed by atoms with E-state index in [1.54, 1.807) is 0 Å². The topological polar surface area (TPSA) is 98.5 Å². The Hall–Kier alpha value is -2.44. The maximum Gasteiger partial charge on any atom is 0.303 e. The Morgan fingerprint density at radius 3 is 2.27 bits per heavy atom. The minimum Gasteiger partial charge on any atom is -0.449 e. The zero-order valence-corrected chi connectivity index (χ0v) is 12.3. The van der Waals surface area contributed by atoms with Crippen molar-refractivity contribution in [2.45, 2.75) is 44.6 Å². The van der Waals surface area contributed by atoms with Crippen LogP contribution in [0.2, 0.25) is 0 Å². The van der Waals surface area contributed by atoms with Gasteiger partial charge >= 0.3 is 5.97 Å². The molecule has 1 aromatic carbocycles. The molecular weight excluding hydrogens is 288 g/mol. The average molecular weight is 306 g/mol. The molecule has 0 bridgehead atoms. The molecule has 1 aromatic rings. The van der Waals surface area contributed by atoms with Crippen LogP contribution in [0.1, 0.15) is 39.0 Å². The number of nitrogens with one attached hydrogen (secondary N) is 1. The molecule has 0 aliphatic heterocycles. The molecule has 1 fully saturated rings. The van der Waals surface area contributed by atoms with Gasteiger partial charge in [-0.3, -0.25) is 19.7 Å². The summed E-state index contributed by atoms with van der Waals surface area (Å²) in [7, 11) is 0. The second-order valence-corrected chi connectivity index (χ2v) is 5.41. The number of hydrogen-bond acceptors (Lipinski definition) is 5. The minimum absolute atomic E-state index is 0.0506. The molecule has 1 N–H and O–H groups in total. The largest absolute Gasteiger partial charge is 0.449 e. The predicted octanol–water partition coefficient (Wildman–Crippen LogP) is 2.80. The highest BCUT2D eigenvalue weighted by Gasteiger charge is 2.42. The number of benzene rings is 1. The number of esters is 1. The number of anilines is 1. The zero-order chi connectivity index (χ0) is 16.2. The predicted molar refractivity (Wildman–Crippen MR) is 79.3 cm³/mol. The normalized spacial score (nSPS) is 16.6. The third-order valence-corrected chi connectivity index (χ3v) is 3.75. The van der Waals surface area contributed by atoms with Gasteiger partial charge in [0.25, 0.3) is 11.6 Å². The number of nitro groups is 1. The van der Waals surface area contributed by atoms with Gasteiger partial charge < -0.3 is 10.1 Å². The fraction of sp³-hybridized carbons (Fsp3) is 0.467. The van der Waals surface area contributed by atoms with Gasteiger partial charge in [-0.15, -0.1) is 0 Å². The fourth-order valence-electron chi connectivity index (χ4n) is 2.68. The molecule has 1 amide bonds. The maximum atomic E-state index is 12.5. The Morgan fingerprint density at radius 1 is 1.18 bits per heavy atom. The van der Waals surface area contributed by atoms with E-state index < -0.39 is 16.5 Å². The minimum atomic E-state index is -1.13. The summed E-state index contributed by atoms with van der Waals surface area (Å²) in [6.07, 6.45) is 3.63. The highest BCUT2D eigenvalue weighted by molar-refractivity contribution is 5.98. The number of nitrogens with zero attached hydrogens (tertiary/aromatic N) is 1. The van der Waals surface area contributed by atoms with Gasteiger partial charge in [-0.05, 0) is 37.8 Å². The lowest BCUT2D eigenvalue weighted by molar-refractivity contribution is -0.384. The number of carbonyl (C=O) groups is 2. The van der Waals surface area contributed by atoms with Gasteiger partial charge in [0, 0.05) is 24.7 Å². The second kappa shape index (κ2) is 6.55. The summed E-state index contributed by atoms with van der Waals surface area (Å²) >= 11 is 0. The smallest absolute Gasteiger partial charge is 0.303 e. The molecule has 1 saturated carbocycles. The van der Waals surface area contributed by atoms with Crippen molar-refractivity contribution in [3.05, 3.63) is 34.4 Å². The van der Waals surface area contributed by atoms with E-state index in [-0.39, 0.29) is 11.6 Å². The molecule has 0 heterocycles. The molecule has 0 atom stereocenters. The van der Waals surface area contributed by atoms with Crippen molar-refractivity contribution in [2.24, 2.45) is 0 Å². The maximum absolute atomic E-state index is 12.5. The number of nitro benzene ring substituents is 1. The third-order valence-electron chi connectivity index (χ3n) is 3.75. The van der Waals surface area contributed by atoms with E-state index in [0.717, 1.165) is 19.3 Å². The van der Waals surface area contributed by atoms with Crippen LogP contribution in [0.5, 0.6) is 0 Å². The number of non-ortho nitro benzene ring substituents is 1. The van der Waals surface area contributed by atoms with E-state index >= 15 is 0 Å². The SMILES string of the molecule is CC(=O)OC1(C(=O)Nc2ccc([N+](=O)[O-])cc2)CCCCC1. The summed E-state index contributed by atoms with van der Waals surface area (Å²) in [6, 6.07) is 5.55. The number of ether oxygens (including phenoxy) is 1. The molecule has 7 nitrogen and oxygen atoms in total. The van der Waals surface area contributed by atoms with Crippen LogP contribution in [0.25, 0.3) is 0 Å². The highest BCUT2D eigenvalue weighted by Crippen LogP contribution is 2.33. The van der Waals surface area contributed by atoms with E-state index in [1.807, 2.05) is 0 Å². The monoisotopic (exact) mass is 306 g/mol. The second-order valence-electron chi connectivity index (χ2n) is 5.41. The highest BCUT2D eigenvalue weighted by atomic mass is 16.6. The Balaban J connectivity index is 2.13. The van der Waals surface area contributed by atoms with Gasteiger partial charge in [-0.25, -0.2) is 0 Å². The van der Waals surface area contributed by atoms with E-state index in [1.165, 1.54) is 31.2 Å². The van der Waals surface area contributed by atoms with Gasteiger partial charge in [-0.2, -0.15) is 0 Å². The lowest BCUT2D eigenvalue weighted by Gasteiger charge is -2.34. The molecule has 0 saturated heterocycles. The Labute approximate surface area is 127 Å². The first-order valence-corrected chi connectivity index (χ1v) is 7.18. The first kappa shape index (κ1) is 15.9. The van der Waals surface area contributed by atoms with E-state index in [2.05, 4.69) is 5.32 Å². The summed E-state index contributed by atoms with van der Waals surface area (Å²) < 4.78 is 5.32. The number of hydrogen-bond donors (Lipinski definition) is 1. The van der Waals surface area contributed by atoms with Crippen LogP contribution in [0.3, 0.4) is 0 Å². The lowest BCUT2D eigenvalue weighted by atomic mass is 9.83. The Bertz CT molecular complexity index is 576. The molecule has 2 rings (SSSR count). The molecule has 1 aliphatic carbocycles. The summed E-state index contributed by atoms with van der Waals surface area (Å²) in [6.45, 7) is 1.29. The van der Waals surface area contributed by atoms with Crippen LogP contribution in [-0.2, 0) is 14.3 Å². The first-order valence-electron chi connectivity index (χ1n) is 7.18. The number of carbonyl (C=O) groups excluding carboxylic acids is 2. The van der Waals surface area contributed by atoms with Crippen LogP contribution in [-0.4, -0.2) is 22.4 Å². The zero-order valence-electron chi connectivity index (χ0n) is 12.3. The van der Waals surface area contributed by atoms with E-state index in [4.69, 9.17) is 4.74 Å². The Kier molecular flexibility index (Phi) is 4.75. The Morgan fingerprint density at radius 2 is 1.77 bits per heavy atom. The molecule has 118 valence electrons. The van der Waals surface area contributed by atoms with Crippen LogP contribution in [0.15, 0.2) is 24.3 Å². The van der Waals surface area contributed by atoms with Gasteiger partial charge in [0.15, 0.2) is 5.60 Å². The van der Waals surface area contributed by atoms with Crippen LogP contribution in [0, 0.1) is 10.1 Å². The van der Waals surface area contributed by atoms with Crippen molar-refractivity contribution < 1.29 is 19.2 Å². The molecule has 22 heavy (non-hydrogen) atoms. The molecule has 0 aromatic heterocycles. The molecule has 0 spiro atoms. The van der Waals surface area contributed by atoms with Crippen LogP contribution < -0.4 is 5.32 Å². The van der Waals surface area contributed by atoms with Crippen molar-refractivity contribution in [3.8, 4) is 0 Å². The lowest BCUT2D eigenvalue weighted by Crippen LogP contribution is -2.48.